The lowest BCUT2D eigenvalue weighted by Gasteiger charge is -2.15. The number of carbonyl (C=O) groups excluding carboxylic acids is 1. The number of hydrogen-bond donors (Lipinski definition) is 2. The standard InChI is InChI=1S/C24H26ClN3O3/c25-20-9-3-1-7-17(20)16-28-21-10-4-2-8-18(21)19(23(28)24(30)31)15-26-12-6-14-27-13-5-11-22(27)29/h1-4,7-10,26H,5-6,11-16H2,(H,30,31). The van der Waals surface area contributed by atoms with Crippen LogP contribution in [0.5, 0.6) is 0 Å². The van der Waals surface area contributed by atoms with Crippen molar-refractivity contribution in [2.24, 2.45) is 0 Å². The molecule has 0 atom stereocenters. The Morgan fingerprint density at radius 1 is 1.13 bits per heavy atom. The molecule has 31 heavy (non-hydrogen) atoms. The van der Waals surface area contributed by atoms with E-state index in [0.29, 0.717) is 31.1 Å². The summed E-state index contributed by atoms with van der Waals surface area (Å²) in [6.45, 7) is 3.14. The molecule has 2 heterocycles. The van der Waals surface area contributed by atoms with Crippen LogP contribution in [0.1, 0.15) is 40.9 Å². The monoisotopic (exact) mass is 439 g/mol. The van der Waals surface area contributed by atoms with Gasteiger partial charge in [-0.05, 0) is 37.1 Å². The number of carbonyl (C=O) groups is 2. The van der Waals surface area contributed by atoms with Crippen molar-refractivity contribution in [2.45, 2.75) is 32.4 Å². The average molecular weight is 440 g/mol. The summed E-state index contributed by atoms with van der Waals surface area (Å²) >= 11 is 6.35. The molecule has 1 aliphatic rings. The van der Waals surface area contributed by atoms with E-state index in [-0.39, 0.29) is 11.6 Å². The zero-order valence-electron chi connectivity index (χ0n) is 17.3. The molecule has 0 bridgehead atoms. The van der Waals surface area contributed by atoms with Crippen LogP contribution in [-0.2, 0) is 17.9 Å². The van der Waals surface area contributed by atoms with E-state index in [9.17, 15) is 14.7 Å². The van der Waals surface area contributed by atoms with Crippen molar-refractivity contribution in [3.63, 3.8) is 0 Å². The molecule has 2 aromatic carbocycles. The van der Waals surface area contributed by atoms with Gasteiger partial charge in [0.25, 0.3) is 0 Å². The third kappa shape index (κ3) is 4.60. The van der Waals surface area contributed by atoms with Crippen molar-refractivity contribution < 1.29 is 14.7 Å². The largest absolute Gasteiger partial charge is 0.477 e. The summed E-state index contributed by atoms with van der Waals surface area (Å²) in [5.41, 5.74) is 2.80. The van der Waals surface area contributed by atoms with Gasteiger partial charge < -0.3 is 19.9 Å². The number of fused-ring (bicyclic) bond motifs is 1. The third-order valence-corrected chi connectivity index (χ3v) is 6.19. The molecule has 1 fully saturated rings. The summed E-state index contributed by atoms with van der Waals surface area (Å²) in [6.07, 6.45) is 2.44. The fourth-order valence-electron chi connectivity index (χ4n) is 4.31. The highest BCUT2D eigenvalue weighted by Gasteiger charge is 2.23. The summed E-state index contributed by atoms with van der Waals surface area (Å²) in [7, 11) is 0. The van der Waals surface area contributed by atoms with Gasteiger partial charge in [-0.1, -0.05) is 48.0 Å². The molecule has 7 heteroatoms. The van der Waals surface area contributed by atoms with Crippen LogP contribution >= 0.6 is 11.6 Å². The van der Waals surface area contributed by atoms with Gasteiger partial charge in [0.15, 0.2) is 0 Å². The summed E-state index contributed by atoms with van der Waals surface area (Å²) in [6, 6.07) is 15.3. The Balaban J connectivity index is 1.55. The van der Waals surface area contributed by atoms with Crippen molar-refractivity contribution in [1.29, 1.82) is 0 Å². The van der Waals surface area contributed by atoms with Crippen LogP contribution in [0.2, 0.25) is 5.02 Å². The van der Waals surface area contributed by atoms with E-state index in [2.05, 4.69) is 5.32 Å². The summed E-state index contributed by atoms with van der Waals surface area (Å²) in [5.74, 6) is -0.724. The molecule has 1 amide bonds. The third-order valence-electron chi connectivity index (χ3n) is 5.82. The summed E-state index contributed by atoms with van der Waals surface area (Å²) in [4.78, 5) is 25.9. The van der Waals surface area contributed by atoms with Crippen molar-refractivity contribution >= 4 is 34.4 Å². The second kappa shape index (κ2) is 9.54. The van der Waals surface area contributed by atoms with Gasteiger partial charge in [0.05, 0.1) is 0 Å². The molecular formula is C24H26ClN3O3. The first kappa shape index (κ1) is 21.4. The molecule has 1 saturated heterocycles. The fraction of sp³-hybridized carbons (Fsp3) is 0.333. The molecule has 6 nitrogen and oxygen atoms in total. The Morgan fingerprint density at radius 2 is 1.90 bits per heavy atom. The zero-order valence-corrected chi connectivity index (χ0v) is 18.1. The number of halogens is 1. The van der Waals surface area contributed by atoms with Crippen LogP contribution in [0.4, 0.5) is 0 Å². The summed E-state index contributed by atoms with van der Waals surface area (Å²) < 4.78 is 1.83. The number of nitrogens with zero attached hydrogens (tertiary/aromatic N) is 2. The number of aromatic nitrogens is 1. The highest BCUT2D eigenvalue weighted by atomic mass is 35.5. The van der Waals surface area contributed by atoms with Gasteiger partial charge in [-0.25, -0.2) is 4.79 Å². The van der Waals surface area contributed by atoms with E-state index in [0.717, 1.165) is 48.0 Å². The molecule has 1 aromatic heterocycles. The van der Waals surface area contributed by atoms with Gasteiger partial charge >= 0.3 is 5.97 Å². The predicted octanol–water partition coefficient (Wildman–Crippen LogP) is 4.14. The highest BCUT2D eigenvalue weighted by molar-refractivity contribution is 6.31. The van der Waals surface area contributed by atoms with Crippen LogP contribution in [0.15, 0.2) is 48.5 Å². The predicted molar refractivity (Wildman–Crippen MR) is 122 cm³/mol. The van der Waals surface area contributed by atoms with Gasteiger partial charge in [-0.15, -0.1) is 0 Å². The van der Waals surface area contributed by atoms with Crippen molar-refractivity contribution in [3.05, 3.63) is 70.4 Å². The number of carboxylic acids is 1. The van der Waals surface area contributed by atoms with Crippen LogP contribution in [-0.4, -0.2) is 46.1 Å². The lowest BCUT2D eigenvalue weighted by molar-refractivity contribution is -0.127. The van der Waals surface area contributed by atoms with Crippen LogP contribution in [0.3, 0.4) is 0 Å². The molecule has 1 aliphatic heterocycles. The second-order valence-electron chi connectivity index (χ2n) is 7.84. The molecule has 2 N–H and O–H groups in total. The molecule has 4 rings (SSSR count). The molecule has 0 spiro atoms. The van der Waals surface area contributed by atoms with Crippen molar-refractivity contribution in [3.8, 4) is 0 Å². The average Bonchev–Trinajstić information content (AvgIpc) is 3.31. The van der Waals surface area contributed by atoms with Crippen LogP contribution in [0.25, 0.3) is 10.9 Å². The van der Waals surface area contributed by atoms with E-state index in [4.69, 9.17) is 11.6 Å². The number of carboxylic acid groups (broad SMARTS) is 1. The van der Waals surface area contributed by atoms with Gasteiger partial charge in [0.2, 0.25) is 5.91 Å². The van der Waals surface area contributed by atoms with E-state index >= 15 is 0 Å². The number of amides is 1. The van der Waals surface area contributed by atoms with E-state index in [1.54, 1.807) is 0 Å². The van der Waals surface area contributed by atoms with Crippen molar-refractivity contribution in [2.75, 3.05) is 19.6 Å². The number of likely N-dealkylation sites (tertiary alicyclic amines) is 1. The van der Waals surface area contributed by atoms with E-state index < -0.39 is 5.97 Å². The number of rotatable bonds is 9. The SMILES string of the molecule is O=C(O)c1c(CNCCCN2CCCC2=O)c2ccccc2n1Cc1ccccc1Cl. The Kier molecular flexibility index (Phi) is 6.59. The quantitative estimate of drug-likeness (QED) is 0.491. The molecular weight excluding hydrogens is 414 g/mol. The number of para-hydroxylation sites is 1. The summed E-state index contributed by atoms with van der Waals surface area (Å²) in [5, 5.41) is 15.0. The molecule has 0 saturated carbocycles. The molecule has 0 radical (unpaired) electrons. The van der Waals surface area contributed by atoms with Crippen molar-refractivity contribution in [1.82, 2.24) is 14.8 Å². The normalized spacial score (nSPS) is 14.0. The lowest BCUT2D eigenvalue weighted by Crippen LogP contribution is -2.28. The number of benzene rings is 2. The number of hydrogen-bond acceptors (Lipinski definition) is 3. The van der Waals surface area contributed by atoms with E-state index in [1.165, 1.54) is 0 Å². The Bertz CT molecular complexity index is 1110. The first-order chi connectivity index (χ1) is 15.1. The maximum Gasteiger partial charge on any atom is 0.352 e. The molecule has 162 valence electrons. The smallest absolute Gasteiger partial charge is 0.352 e. The number of aromatic carboxylic acids is 1. The van der Waals surface area contributed by atoms with Gasteiger partial charge in [-0.2, -0.15) is 0 Å². The Morgan fingerprint density at radius 3 is 2.65 bits per heavy atom. The Labute approximate surface area is 186 Å². The van der Waals surface area contributed by atoms with Gasteiger partial charge in [0.1, 0.15) is 5.69 Å². The minimum absolute atomic E-state index is 0.232. The second-order valence-corrected chi connectivity index (χ2v) is 8.25. The van der Waals surface area contributed by atoms with E-state index in [1.807, 2.05) is 58.0 Å². The number of nitrogens with one attached hydrogen (secondary N) is 1. The maximum atomic E-state index is 12.3. The minimum atomic E-state index is -0.956. The zero-order chi connectivity index (χ0) is 21.8. The minimum Gasteiger partial charge on any atom is -0.477 e. The molecule has 3 aromatic rings. The van der Waals surface area contributed by atoms with Gasteiger partial charge in [-0.3, -0.25) is 4.79 Å². The van der Waals surface area contributed by atoms with Crippen LogP contribution < -0.4 is 5.32 Å². The first-order valence-electron chi connectivity index (χ1n) is 10.6. The van der Waals surface area contributed by atoms with Crippen LogP contribution in [0, 0.1) is 0 Å². The first-order valence-corrected chi connectivity index (χ1v) is 11.0. The van der Waals surface area contributed by atoms with Gasteiger partial charge in [0, 0.05) is 54.1 Å². The Hall–Kier alpha value is -2.83. The topological polar surface area (TPSA) is 74.6 Å². The maximum absolute atomic E-state index is 12.3. The lowest BCUT2D eigenvalue weighted by atomic mass is 10.1. The molecule has 0 unspecified atom stereocenters. The highest BCUT2D eigenvalue weighted by Crippen LogP contribution is 2.29. The molecule has 0 aliphatic carbocycles. The fourth-order valence-corrected chi connectivity index (χ4v) is 4.50.